The monoisotopic (exact) mass is 384 g/mol. The van der Waals surface area contributed by atoms with Gasteiger partial charge < -0.3 is 10.5 Å². The molecule has 0 aromatic carbocycles. The van der Waals surface area contributed by atoms with Gasteiger partial charge in [0, 0.05) is 30.8 Å². The van der Waals surface area contributed by atoms with Crippen LogP contribution in [0.2, 0.25) is 0 Å². The zero-order chi connectivity index (χ0) is 19.2. The lowest BCUT2D eigenvalue weighted by Gasteiger charge is -2.48. The molecule has 0 saturated carbocycles. The Bertz CT molecular complexity index is 857. The van der Waals surface area contributed by atoms with Crippen LogP contribution in [0.15, 0.2) is 39.5 Å². The van der Waals surface area contributed by atoms with E-state index in [1.54, 1.807) is 11.3 Å². The van der Waals surface area contributed by atoms with Crippen molar-refractivity contribution in [1.82, 2.24) is 10.0 Å². The molecule has 0 amide bonds. The van der Waals surface area contributed by atoms with Gasteiger partial charge in [-0.15, -0.1) is 0 Å². The molecule has 1 aromatic heterocycles. The van der Waals surface area contributed by atoms with Gasteiger partial charge >= 0.3 is 0 Å². The summed E-state index contributed by atoms with van der Waals surface area (Å²) in [7, 11) is 0. The van der Waals surface area contributed by atoms with Crippen LogP contribution in [0, 0.1) is 16.7 Å². The Morgan fingerprint density at radius 1 is 1.33 bits per heavy atom. The minimum absolute atomic E-state index is 0.121. The van der Waals surface area contributed by atoms with E-state index in [1.165, 1.54) is 0 Å². The zero-order valence-electron chi connectivity index (χ0n) is 15.7. The Morgan fingerprint density at radius 2 is 2.07 bits per heavy atom. The molecular weight excluding hydrogens is 360 g/mol. The van der Waals surface area contributed by atoms with Crippen molar-refractivity contribution >= 4 is 17.1 Å². The number of hydrogen-bond acceptors (Lipinski definition) is 7. The number of allylic oxidation sites excluding steroid dienone is 3. The average molecular weight is 385 g/mol. The Hall–Kier alpha value is -2.14. The number of ketones is 1. The zero-order valence-corrected chi connectivity index (χ0v) is 16.5. The number of thiophene rings is 1. The van der Waals surface area contributed by atoms with E-state index in [0.29, 0.717) is 44.1 Å². The van der Waals surface area contributed by atoms with E-state index in [1.807, 2.05) is 21.8 Å². The van der Waals surface area contributed by atoms with E-state index in [2.05, 4.69) is 24.9 Å². The van der Waals surface area contributed by atoms with E-state index >= 15 is 0 Å². The van der Waals surface area contributed by atoms with Crippen LogP contribution >= 0.6 is 11.3 Å². The number of nitriles is 1. The molecule has 1 saturated heterocycles. The third-order valence-electron chi connectivity index (χ3n) is 5.50. The predicted octanol–water partition coefficient (Wildman–Crippen LogP) is 2.73. The van der Waals surface area contributed by atoms with Crippen LogP contribution < -0.4 is 5.73 Å². The highest BCUT2D eigenvalue weighted by molar-refractivity contribution is 7.08. The van der Waals surface area contributed by atoms with E-state index < -0.39 is 0 Å². The van der Waals surface area contributed by atoms with Crippen molar-refractivity contribution in [1.29, 1.82) is 5.26 Å². The summed E-state index contributed by atoms with van der Waals surface area (Å²) in [6, 6.07) is 4.30. The summed E-state index contributed by atoms with van der Waals surface area (Å²) < 4.78 is 5.49. The van der Waals surface area contributed by atoms with Crippen LogP contribution in [0.3, 0.4) is 0 Å². The highest BCUT2D eigenvalue weighted by Crippen LogP contribution is 2.49. The minimum Gasteiger partial charge on any atom is -0.383 e. The fourth-order valence-electron chi connectivity index (χ4n) is 4.34. The third kappa shape index (κ3) is 3.08. The van der Waals surface area contributed by atoms with E-state index in [4.69, 9.17) is 10.5 Å². The summed E-state index contributed by atoms with van der Waals surface area (Å²) in [6.07, 6.45) is 1.24. The first kappa shape index (κ1) is 18.2. The molecule has 0 bridgehead atoms. The molecule has 3 heterocycles. The lowest BCUT2D eigenvalue weighted by atomic mass is 9.69. The molecular formula is C20H24N4O2S. The second kappa shape index (κ2) is 6.79. The summed E-state index contributed by atoms with van der Waals surface area (Å²) >= 11 is 1.57. The van der Waals surface area contributed by atoms with Crippen molar-refractivity contribution in [3.63, 3.8) is 0 Å². The molecule has 7 heteroatoms. The smallest absolute Gasteiger partial charge is 0.162 e. The normalized spacial score (nSPS) is 26.2. The molecule has 3 aliphatic rings. The van der Waals surface area contributed by atoms with Crippen LogP contribution in [0.1, 0.15) is 38.2 Å². The molecule has 1 aromatic rings. The molecule has 1 fully saturated rings. The first-order valence-electron chi connectivity index (χ1n) is 9.24. The van der Waals surface area contributed by atoms with Gasteiger partial charge in [-0.2, -0.15) is 16.6 Å². The van der Waals surface area contributed by atoms with Crippen LogP contribution in [-0.4, -0.2) is 42.1 Å². The summed E-state index contributed by atoms with van der Waals surface area (Å²) in [5.74, 6) is 0.202. The second-order valence-corrected chi connectivity index (χ2v) is 8.86. The van der Waals surface area contributed by atoms with E-state index in [9.17, 15) is 10.1 Å². The summed E-state index contributed by atoms with van der Waals surface area (Å²) in [4.78, 5) is 13.2. The fraction of sp³-hybridized carbons (Fsp3) is 0.500. The molecule has 6 nitrogen and oxygen atoms in total. The number of hydrazine groups is 1. The van der Waals surface area contributed by atoms with Gasteiger partial charge in [-0.05, 0) is 34.2 Å². The lowest BCUT2D eigenvalue weighted by Crippen LogP contribution is -2.53. The number of hydrogen-bond donors (Lipinski definition) is 1. The van der Waals surface area contributed by atoms with Crippen molar-refractivity contribution in [2.45, 2.75) is 32.6 Å². The fourth-order valence-corrected chi connectivity index (χ4v) is 5.03. The Kier molecular flexibility index (Phi) is 4.58. The van der Waals surface area contributed by atoms with Crippen LogP contribution in [0.25, 0.3) is 0 Å². The average Bonchev–Trinajstić information content (AvgIpc) is 3.14. The van der Waals surface area contributed by atoms with Crippen molar-refractivity contribution in [3.8, 4) is 6.07 Å². The standard InChI is InChI=1S/C20H24N4O2S/c1-20(2)9-15-18(16(25)10-20)17(13-3-8-27-12-13)14(11-21)19(22)24(15)23-4-6-26-7-5-23/h3,8,12,17H,4-7,9-10,22H2,1-2H3/t17-/m1/s1. The van der Waals surface area contributed by atoms with Gasteiger partial charge in [0.15, 0.2) is 5.78 Å². The number of morpholine rings is 1. The topological polar surface area (TPSA) is 82.6 Å². The van der Waals surface area contributed by atoms with Gasteiger partial charge in [-0.25, -0.2) is 5.01 Å². The Labute approximate surface area is 163 Å². The third-order valence-corrected chi connectivity index (χ3v) is 6.20. The number of carbonyl (C=O) groups is 1. The van der Waals surface area contributed by atoms with Gasteiger partial charge in [0.05, 0.1) is 30.8 Å². The maximum absolute atomic E-state index is 13.2. The first-order chi connectivity index (χ1) is 12.9. The molecule has 0 radical (unpaired) electrons. The maximum atomic E-state index is 13.2. The quantitative estimate of drug-likeness (QED) is 0.844. The van der Waals surface area contributed by atoms with Gasteiger partial charge in [0.2, 0.25) is 0 Å². The number of nitrogens with zero attached hydrogens (tertiary/aromatic N) is 3. The number of carbonyl (C=O) groups excluding carboxylic acids is 1. The van der Waals surface area contributed by atoms with Crippen molar-refractivity contribution in [2.75, 3.05) is 26.3 Å². The van der Waals surface area contributed by atoms with Crippen LogP contribution in [0.5, 0.6) is 0 Å². The second-order valence-electron chi connectivity index (χ2n) is 8.08. The lowest BCUT2D eigenvalue weighted by molar-refractivity contribution is -0.119. The molecule has 142 valence electrons. The maximum Gasteiger partial charge on any atom is 0.162 e. The van der Waals surface area contributed by atoms with Crippen molar-refractivity contribution in [3.05, 3.63) is 45.1 Å². The molecule has 0 spiro atoms. The molecule has 0 unspecified atom stereocenters. The minimum atomic E-state index is -0.364. The van der Waals surface area contributed by atoms with Crippen molar-refractivity contribution in [2.24, 2.45) is 11.1 Å². The molecule has 4 rings (SSSR count). The Balaban J connectivity index is 1.91. The van der Waals surface area contributed by atoms with E-state index in [0.717, 1.165) is 23.3 Å². The first-order valence-corrected chi connectivity index (χ1v) is 10.2. The van der Waals surface area contributed by atoms with Gasteiger partial charge in [-0.1, -0.05) is 13.8 Å². The van der Waals surface area contributed by atoms with Crippen molar-refractivity contribution < 1.29 is 9.53 Å². The van der Waals surface area contributed by atoms with Gasteiger partial charge in [-0.3, -0.25) is 9.80 Å². The molecule has 1 aliphatic carbocycles. The number of rotatable bonds is 2. The largest absolute Gasteiger partial charge is 0.383 e. The molecule has 27 heavy (non-hydrogen) atoms. The van der Waals surface area contributed by atoms with E-state index in [-0.39, 0.29) is 17.1 Å². The van der Waals surface area contributed by atoms with Gasteiger partial charge in [0.1, 0.15) is 5.82 Å². The van der Waals surface area contributed by atoms with Gasteiger partial charge in [0.25, 0.3) is 0 Å². The molecule has 2 N–H and O–H groups in total. The number of nitrogens with two attached hydrogens (primary N) is 1. The van der Waals surface area contributed by atoms with Crippen LogP contribution in [-0.2, 0) is 9.53 Å². The Morgan fingerprint density at radius 3 is 2.70 bits per heavy atom. The predicted molar refractivity (Wildman–Crippen MR) is 103 cm³/mol. The summed E-state index contributed by atoms with van der Waals surface area (Å²) in [5, 5.41) is 18.0. The highest BCUT2D eigenvalue weighted by atomic mass is 32.1. The molecule has 2 aliphatic heterocycles. The molecule has 1 atom stereocenters. The summed E-state index contributed by atoms with van der Waals surface area (Å²) in [6.45, 7) is 6.83. The summed E-state index contributed by atoms with van der Waals surface area (Å²) in [5.41, 5.74) is 9.55. The SMILES string of the molecule is CC1(C)CC(=O)C2=C(C1)N(N1CCOCC1)C(N)=C(C#N)[C@H]2c1ccsc1. The van der Waals surface area contributed by atoms with Crippen LogP contribution in [0.4, 0.5) is 0 Å². The highest BCUT2D eigenvalue weighted by Gasteiger charge is 2.45. The number of Topliss-reactive ketones (excluding diaryl/α,β-unsaturated/α-hetero) is 1. The number of ether oxygens (including phenoxy) is 1.